The lowest BCUT2D eigenvalue weighted by molar-refractivity contribution is -0.137. The van der Waals surface area contributed by atoms with Crippen molar-refractivity contribution in [1.29, 1.82) is 0 Å². The Balaban J connectivity index is 1.90. The zero-order valence-electron chi connectivity index (χ0n) is 19.3. The van der Waals surface area contributed by atoms with E-state index in [9.17, 15) is 27.9 Å². The summed E-state index contributed by atoms with van der Waals surface area (Å²) in [6.07, 6.45) is -4.51. The minimum Gasteiger partial charge on any atom is -0.478 e. The van der Waals surface area contributed by atoms with Gasteiger partial charge in [0.05, 0.1) is 16.8 Å². The number of fused-ring (bicyclic) bond motifs is 1. The number of anilines is 1. The standard InChI is InChI=1S/C27H23F3N2O3/c1-15-11-20(16(2)31-23-10-5-4-9-19(23)26(34)35)21-14-24(32(3)25(33)22(21)12-15)17-7-6-8-18(13-17)27(28,29)30/h4-14,16,31H,1-3H3,(H,34,35). The third-order valence-corrected chi connectivity index (χ3v) is 6.02. The highest BCUT2D eigenvalue weighted by Gasteiger charge is 2.30. The van der Waals surface area contributed by atoms with Gasteiger partial charge >= 0.3 is 12.1 Å². The van der Waals surface area contributed by atoms with Gasteiger partial charge in [0.15, 0.2) is 0 Å². The number of aromatic nitrogens is 1. The molecule has 0 aliphatic carbocycles. The number of carboxylic acids is 1. The van der Waals surface area contributed by atoms with Crippen LogP contribution in [0, 0.1) is 6.92 Å². The first-order valence-corrected chi connectivity index (χ1v) is 10.9. The van der Waals surface area contributed by atoms with Gasteiger partial charge in [-0.2, -0.15) is 13.2 Å². The molecule has 4 aromatic rings. The number of hydrogen-bond acceptors (Lipinski definition) is 3. The molecule has 1 unspecified atom stereocenters. The van der Waals surface area contributed by atoms with Gasteiger partial charge in [-0.05, 0) is 72.3 Å². The monoisotopic (exact) mass is 480 g/mol. The molecule has 2 N–H and O–H groups in total. The summed E-state index contributed by atoms with van der Waals surface area (Å²) in [5.41, 5.74) is 1.56. The van der Waals surface area contributed by atoms with Gasteiger partial charge in [-0.3, -0.25) is 4.79 Å². The SMILES string of the molecule is Cc1cc(C(C)Nc2ccccc2C(=O)O)c2cc(-c3cccc(C(F)(F)F)c3)n(C)c(=O)c2c1. The minimum absolute atomic E-state index is 0.108. The number of hydrogen-bond donors (Lipinski definition) is 2. The molecule has 0 aliphatic rings. The average Bonchev–Trinajstić information content (AvgIpc) is 2.81. The van der Waals surface area contributed by atoms with E-state index in [0.717, 1.165) is 23.3 Å². The number of carbonyl (C=O) groups is 1. The molecule has 0 spiro atoms. The van der Waals surface area contributed by atoms with E-state index < -0.39 is 23.8 Å². The second-order valence-corrected chi connectivity index (χ2v) is 8.50. The average molecular weight is 480 g/mol. The van der Waals surface area contributed by atoms with Gasteiger partial charge in [0.1, 0.15) is 0 Å². The Morgan fingerprint density at radius 2 is 1.71 bits per heavy atom. The molecular formula is C27H23F3N2O3. The molecule has 0 fully saturated rings. The molecule has 180 valence electrons. The molecule has 1 aromatic heterocycles. The van der Waals surface area contributed by atoms with E-state index in [1.165, 1.54) is 29.8 Å². The topological polar surface area (TPSA) is 71.3 Å². The molecule has 5 nitrogen and oxygen atoms in total. The van der Waals surface area contributed by atoms with E-state index in [4.69, 9.17) is 0 Å². The number of halogens is 3. The molecule has 3 aromatic carbocycles. The third-order valence-electron chi connectivity index (χ3n) is 6.02. The van der Waals surface area contributed by atoms with Crippen LogP contribution in [0.4, 0.5) is 18.9 Å². The summed E-state index contributed by atoms with van der Waals surface area (Å²) in [5, 5.41) is 13.7. The van der Waals surface area contributed by atoms with Gasteiger partial charge in [-0.15, -0.1) is 0 Å². The van der Waals surface area contributed by atoms with Crippen LogP contribution >= 0.6 is 0 Å². The number of para-hydroxylation sites is 1. The van der Waals surface area contributed by atoms with Crippen molar-refractivity contribution in [2.75, 3.05) is 5.32 Å². The Labute approximate surface area is 199 Å². The molecule has 1 heterocycles. The van der Waals surface area contributed by atoms with Crippen molar-refractivity contribution in [3.63, 3.8) is 0 Å². The van der Waals surface area contributed by atoms with Gasteiger partial charge in [-0.1, -0.05) is 30.3 Å². The molecule has 0 radical (unpaired) electrons. The van der Waals surface area contributed by atoms with Crippen LogP contribution in [-0.2, 0) is 13.2 Å². The van der Waals surface area contributed by atoms with Crippen molar-refractivity contribution >= 4 is 22.4 Å². The van der Waals surface area contributed by atoms with Gasteiger partial charge in [-0.25, -0.2) is 4.79 Å². The summed E-state index contributed by atoms with van der Waals surface area (Å²) < 4.78 is 41.3. The highest BCUT2D eigenvalue weighted by molar-refractivity contribution is 5.94. The van der Waals surface area contributed by atoms with E-state index in [1.54, 1.807) is 30.3 Å². The fourth-order valence-corrected chi connectivity index (χ4v) is 4.28. The molecule has 0 amide bonds. The van der Waals surface area contributed by atoms with E-state index in [2.05, 4.69) is 5.32 Å². The van der Waals surface area contributed by atoms with Crippen LogP contribution in [0.15, 0.2) is 71.5 Å². The molecule has 1 atom stereocenters. The zero-order chi connectivity index (χ0) is 25.5. The Kier molecular flexibility index (Phi) is 6.15. The Bertz CT molecular complexity index is 1510. The maximum atomic E-state index is 13.3. The van der Waals surface area contributed by atoms with Crippen LogP contribution in [0.2, 0.25) is 0 Å². The molecule has 0 saturated carbocycles. The van der Waals surface area contributed by atoms with E-state index in [0.29, 0.717) is 22.2 Å². The third kappa shape index (κ3) is 4.64. The second-order valence-electron chi connectivity index (χ2n) is 8.50. The molecular weight excluding hydrogens is 457 g/mol. The summed E-state index contributed by atoms with van der Waals surface area (Å²) in [6, 6.07) is 16.3. The van der Waals surface area contributed by atoms with Crippen LogP contribution in [-0.4, -0.2) is 15.6 Å². The van der Waals surface area contributed by atoms with Crippen molar-refractivity contribution in [2.24, 2.45) is 7.05 Å². The van der Waals surface area contributed by atoms with Crippen molar-refractivity contribution < 1.29 is 23.1 Å². The summed E-state index contributed by atoms with van der Waals surface area (Å²) >= 11 is 0. The van der Waals surface area contributed by atoms with E-state index in [1.807, 2.05) is 19.9 Å². The number of nitrogens with one attached hydrogen (secondary N) is 1. The largest absolute Gasteiger partial charge is 0.478 e. The van der Waals surface area contributed by atoms with Gasteiger partial charge < -0.3 is 15.0 Å². The lowest BCUT2D eigenvalue weighted by Crippen LogP contribution is -2.20. The summed E-state index contributed by atoms with van der Waals surface area (Å²) in [4.78, 5) is 24.9. The number of benzene rings is 3. The first-order chi connectivity index (χ1) is 16.5. The smallest absolute Gasteiger partial charge is 0.416 e. The Morgan fingerprint density at radius 1 is 1.00 bits per heavy atom. The number of aromatic carboxylic acids is 1. The minimum atomic E-state index is -4.51. The van der Waals surface area contributed by atoms with Crippen molar-refractivity contribution in [3.05, 3.63) is 99.3 Å². The number of pyridine rings is 1. The quantitative estimate of drug-likeness (QED) is 0.347. The predicted octanol–water partition coefficient (Wildman–Crippen LogP) is 6.40. The Morgan fingerprint density at radius 3 is 2.40 bits per heavy atom. The van der Waals surface area contributed by atoms with Crippen LogP contribution in [0.25, 0.3) is 22.0 Å². The van der Waals surface area contributed by atoms with E-state index in [-0.39, 0.29) is 16.7 Å². The number of rotatable bonds is 5. The lowest BCUT2D eigenvalue weighted by Gasteiger charge is -2.21. The molecule has 35 heavy (non-hydrogen) atoms. The predicted molar refractivity (Wildman–Crippen MR) is 130 cm³/mol. The number of carboxylic acid groups (broad SMARTS) is 1. The summed E-state index contributed by atoms with van der Waals surface area (Å²) in [6.45, 7) is 3.69. The molecule has 4 rings (SSSR count). The van der Waals surface area contributed by atoms with Crippen LogP contribution < -0.4 is 10.9 Å². The maximum Gasteiger partial charge on any atom is 0.416 e. The second kappa shape index (κ2) is 8.94. The highest BCUT2D eigenvalue weighted by Crippen LogP contribution is 2.34. The van der Waals surface area contributed by atoms with Gasteiger partial charge in [0.25, 0.3) is 5.56 Å². The lowest BCUT2D eigenvalue weighted by atomic mass is 9.95. The van der Waals surface area contributed by atoms with Gasteiger partial charge in [0.2, 0.25) is 0 Å². The van der Waals surface area contributed by atoms with Crippen LogP contribution in [0.5, 0.6) is 0 Å². The maximum absolute atomic E-state index is 13.3. The number of aryl methyl sites for hydroxylation is 1. The molecule has 0 aliphatic heterocycles. The fourth-order valence-electron chi connectivity index (χ4n) is 4.28. The molecule has 8 heteroatoms. The van der Waals surface area contributed by atoms with E-state index >= 15 is 0 Å². The van der Waals surface area contributed by atoms with Crippen molar-refractivity contribution in [2.45, 2.75) is 26.1 Å². The van der Waals surface area contributed by atoms with Crippen LogP contribution in [0.3, 0.4) is 0 Å². The van der Waals surface area contributed by atoms with Crippen molar-refractivity contribution in [1.82, 2.24) is 4.57 Å². The van der Waals surface area contributed by atoms with Gasteiger partial charge in [0, 0.05) is 24.2 Å². The molecule has 0 bridgehead atoms. The fraction of sp³-hybridized carbons (Fsp3) is 0.185. The number of nitrogens with zero attached hydrogens (tertiary/aromatic N) is 1. The van der Waals surface area contributed by atoms with Crippen LogP contribution in [0.1, 0.15) is 40.0 Å². The molecule has 0 saturated heterocycles. The summed E-state index contributed by atoms with van der Waals surface area (Å²) in [7, 11) is 1.53. The first kappa shape index (κ1) is 24.1. The normalized spacial score (nSPS) is 12.5. The first-order valence-electron chi connectivity index (χ1n) is 10.9. The number of alkyl halides is 3. The zero-order valence-corrected chi connectivity index (χ0v) is 19.3. The Hall–Kier alpha value is -4.07. The highest BCUT2D eigenvalue weighted by atomic mass is 19.4. The summed E-state index contributed by atoms with van der Waals surface area (Å²) in [5.74, 6) is -1.07. The van der Waals surface area contributed by atoms with Crippen molar-refractivity contribution in [3.8, 4) is 11.3 Å².